The maximum absolute atomic E-state index is 10.5. The zero-order chi connectivity index (χ0) is 15.2. The molecule has 0 heterocycles. The lowest BCUT2D eigenvalue weighted by Gasteiger charge is -2.02. The molecule has 0 bridgehead atoms. The Morgan fingerprint density at radius 1 is 0.727 bits per heavy atom. The minimum atomic E-state index is -0.430. The fourth-order valence-corrected chi connectivity index (χ4v) is 3.48. The van der Waals surface area contributed by atoms with E-state index in [1.165, 1.54) is 24.3 Å². The summed E-state index contributed by atoms with van der Waals surface area (Å²) in [5.41, 5.74) is 0.143. The topological polar surface area (TPSA) is 86.3 Å². The maximum atomic E-state index is 10.5. The van der Waals surface area contributed by atoms with Crippen LogP contribution in [0.15, 0.2) is 58.3 Å². The van der Waals surface area contributed by atoms with E-state index < -0.39 is 9.85 Å². The quantitative estimate of drug-likeness (QED) is 0.319. The third-order valence-electron chi connectivity index (χ3n) is 2.55. The van der Waals surface area contributed by atoms with Crippen LogP contribution in [0.5, 0.6) is 0 Å². The van der Waals surface area contributed by atoms with Crippen LogP contribution < -0.4 is 0 Å². The van der Waals surface area contributed by atoms with Gasteiger partial charge in [-0.2, -0.15) is 0 Å². The Hall–Kier alpha value is -2.06. The first-order valence-corrected chi connectivity index (χ1v) is 7.78. The molecule has 22 heavy (non-hydrogen) atoms. The van der Waals surface area contributed by atoms with Crippen LogP contribution in [0, 0.1) is 20.2 Å². The van der Waals surface area contributed by atoms with Gasteiger partial charge in [0.1, 0.15) is 0 Å². The highest BCUT2D eigenvalue weighted by atomic mass is 32.2. The van der Waals surface area contributed by atoms with Crippen molar-refractivity contribution >= 4 is 34.9 Å². The zero-order valence-electron chi connectivity index (χ0n) is 10.7. The molecule has 0 saturated carbocycles. The van der Waals surface area contributed by atoms with Crippen LogP contribution in [-0.4, -0.2) is 14.9 Å². The van der Waals surface area contributed by atoms with E-state index in [1.807, 2.05) is 0 Å². The number of nitrogens with zero attached hydrogens (tertiary/aromatic N) is 2. The fourth-order valence-electron chi connectivity index (χ4n) is 1.49. The molecule has 0 atom stereocenters. The predicted octanol–water partition coefficient (Wildman–Crippen LogP) is 4.98. The second-order valence-electron chi connectivity index (χ2n) is 3.91. The molecule has 0 aliphatic carbocycles. The van der Waals surface area contributed by atoms with Gasteiger partial charge in [-0.3, -0.25) is 20.2 Å². The van der Waals surface area contributed by atoms with Crippen LogP contribution in [0.2, 0.25) is 0 Å². The normalized spacial score (nSPS) is 9.82. The second kappa shape index (κ2) is 8.40. The molecular weight excluding hydrogens is 324 g/mol. The summed E-state index contributed by atoms with van der Waals surface area (Å²) in [6, 6.07) is 12.7. The number of nitro groups is 2. The van der Waals surface area contributed by atoms with Crippen molar-refractivity contribution < 1.29 is 9.85 Å². The van der Waals surface area contributed by atoms with Gasteiger partial charge in [0.05, 0.1) is 9.85 Å². The summed E-state index contributed by atoms with van der Waals surface area (Å²) in [6.07, 6.45) is 0. The van der Waals surface area contributed by atoms with Crippen molar-refractivity contribution in [2.45, 2.75) is 17.2 Å². The lowest BCUT2D eigenvalue weighted by Crippen LogP contribution is -1.87. The number of hydrogen-bond acceptors (Lipinski definition) is 6. The Balaban J connectivity index is 0.00000242. The first-order chi connectivity index (χ1) is 10.1. The van der Waals surface area contributed by atoms with Crippen molar-refractivity contribution in [3.8, 4) is 0 Å². The Kier molecular flexibility index (Phi) is 6.87. The molecule has 0 N–H and O–H groups in total. The number of rotatable bonds is 6. The highest BCUT2D eigenvalue weighted by molar-refractivity contribution is 8.16. The number of benzene rings is 2. The molecule has 0 amide bonds. The summed E-state index contributed by atoms with van der Waals surface area (Å²) in [5.74, 6) is 0. The van der Waals surface area contributed by atoms with Gasteiger partial charge in [0.15, 0.2) is 0 Å². The summed E-state index contributed by atoms with van der Waals surface area (Å²) in [6.45, 7) is 0. The SMILES string of the molecule is C.O=[N+]([O-])c1ccc(SCSc2ccc([N+](=O)[O-])cc2)cc1. The van der Waals surface area contributed by atoms with E-state index in [1.54, 1.807) is 47.8 Å². The van der Waals surface area contributed by atoms with Crippen LogP contribution in [-0.2, 0) is 0 Å². The van der Waals surface area contributed by atoms with Crippen LogP contribution in [0.1, 0.15) is 7.43 Å². The van der Waals surface area contributed by atoms with Crippen LogP contribution in [0.4, 0.5) is 11.4 Å². The van der Waals surface area contributed by atoms with E-state index in [2.05, 4.69) is 0 Å². The number of non-ortho nitro benzene ring substituents is 2. The van der Waals surface area contributed by atoms with Gasteiger partial charge in [-0.15, -0.1) is 23.5 Å². The predicted molar refractivity (Wildman–Crippen MR) is 89.5 cm³/mol. The van der Waals surface area contributed by atoms with E-state index in [-0.39, 0.29) is 18.8 Å². The maximum Gasteiger partial charge on any atom is 0.269 e. The van der Waals surface area contributed by atoms with Crippen LogP contribution in [0.25, 0.3) is 0 Å². The van der Waals surface area contributed by atoms with E-state index in [0.717, 1.165) is 14.9 Å². The van der Waals surface area contributed by atoms with Crippen molar-refractivity contribution in [2.75, 3.05) is 5.08 Å². The molecule has 0 aromatic heterocycles. The van der Waals surface area contributed by atoms with Gasteiger partial charge in [-0.25, -0.2) is 0 Å². The molecule has 0 spiro atoms. The Labute approximate surface area is 136 Å². The zero-order valence-corrected chi connectivity index (χ0v) is 12.3. The first kappa shape index (κ1) is 18.0. The van der Waals surface area contributed by atoms with Crippen molar-refractivity contribution in [1.82, 2.24) is 0 Å². The van der Waals surface area contributed by atoms with E-state index >= 15 is 0 Å². The summed E-state index contributed by atoms with van der Waals surface area (Å²) in [7, 11) is 0. The third kappa shape index (κ3) is 5.05. The van der Waals surface area contributed by atoms with Crippen molar-refractivity contribution in [3.05, 3.63) is 68.8 Å². The van der Waals surface area contributed by atoms with E-state index in [4.69, 9.17) is 0 Å². The molecule has 6 nitrogen and oxygen atoms in total. The largest absolute Gasteiger partial charge is 0.269 e. The van der Waals surface area contributed by atoms with Crippen molar-refractivity contribution in [2.24, 2.45) is 0 Å². The molecule has 116 valence electrons. The molecule has 2 rings (SSSR count). The molecule has 0 aliphatic rings. The van der Waals surface area contributed by atoms with Gasteiger partial charge in [0.25, 0.3) is 11.4 Å². The molecule has 8 heteroatoms. The number of hydrogen-bond donors (Lipinski definition) is 0. The van der Waals surface area contributed by atoms with Crippen LogP contribution >= 0.6 is 23.5 Å². The van der Waals surface area contributed by atoms with Crippen molar-refractivity contribution in [3.63, 3.8) is 0 Å². The standard InChI is InChI=1S/C13H10N2O4S2.CH4/c16-14(17)10-1-5-12(6-2-10)20-9-21-13-7-3-11(4-8-13)15(18)19;/h1-8H,9H2;1H4. The van der Waals surface area contributed by atoms with Crippen molar-refractivity contribution in [1.29, 1.82) is 0 Å². The van der Waals surface area contributed by atoms with Gasteiger partial charge >= 0.3 is 0 Å². The molecule has 0 saturated heterocycles. The van der Waals surface area contributed by atoms with E-state index in [9.17, 15) is 20.2 Å². The average Bonchev–Trinajstić information content (AvgIpc) is 2.48. The number of thioether (sulfide) groups is 2. The molecule has 2 aromatic carbocycles. The van der Waals surface area contributed by atoms with Gasteiger partial charge in [-0.05, 0) is 24.3 Å². The Bertz CT molecular complexity index is 587. The molecule has 0 fully saturated rings. The average molecular weight is 338 g/mol. The molecule has 0 radical (unpaired) electrons. The van der Waals surface area contributed by atoms with Gasteiger partial charge in [-0.1, -0.05) is 7.43 Å². The lowest BCUT2D eigenvalue weighted by molar-refractivity contribution is -0.385. The van der Waals surface area contributed by atoms with Gasteiger partial charge < -0.3 is 0 Å². The summed E-state index contributed by atoms with van der Waals surface area (Å²) >= 11 is 3.11. The number of nitro benzene ring substituents is 2. The van der Waals surface area contributed by atoms with Gasteiger partial charge in [0, 0.05) is 39.1 Å². The molecule has 2 aromatic rings. The summed E-state index contributed by atoms with van der Waals surface area (Å²) in [4.78, 5) is 22.1. The monoisotopic (exact) mass is 338 g/mol. The second-order valence-corrected chi connectivity index (χ2v) is 6.37. The highest BCUT2D eigenvalue weighted by Gasteiger charge is 2.06. The lowest BCUT2D eigenvalue weighted by atomic mass is 10.3. The molecular formula is C14H14N2O4S2. The summed E-state index contributed by atoms with van der Waals surface area (Å²) < 4.78 is 0. The first-order valence-electron chi connectivity index (χ1n) is 5.81. The van der Waals surface area contributed by atoms with Crippen LogP contribution in [0.3, 0.4) is 0 Å². The Morgan fingerprint density at radius 2 is 1.05 bits per heavy atom. The third-order valence-corrected chi connectivity index (χ3v) is 4.70. The van der Waals surface area contributed by atoms with Gasteiger partial charge in [0.2, 0.25) is 0 Å². The summed E-state index contributed by atoms with van der Waals surface area (Å²) in [5, 5.41) is 21.8. The highest BCUT2D eigenvalue weighted by Crippen LogP contribution is 2.29. The molecule has 0 aliphatic heterocycles. The minimum Gasteiger partial charge on any atom is -0.258 e. The van der Waals surface area contributed by atoms with E-state index in [0.29, 0.717) is 0 Å². The Morgan fingerprint density at radius 3 is 1.32 bits per heavy atom. The minimum absolute atomic E-state index is 0. The smallest absolute Gasteiger partial charge is 0.258 e. The molecule has 0 unspecified atom stereocenters. The fraction of sp³-hybridized carbons (Fsp3) is 0.143.